The van der Waals surface area contributed by atoms with Gasteiger partial charge in [0.1, 0.15) is 0 Å². The summed E-state index contributed by atoms with van der Waals surface area (Å²) in [5, 5.41) is 2.27. The molecule has 0 aromatic heterocycles. The quantitative estimate of drug-likeness (QED) is 0.290. The van der Waals surface area contributed by atoms with E-state index in [-0.39, 0.29) is 41.5 Å². The maximum atomic E-state index is 10.9. The van der Waals surface area contributed by atoms with E-state index < -0.39 is 15.0 Å². The monoisotopic (exact) mass is 245 g/mol. The molecule has 1 aliphatic rings. The Balaban J connectivity index is 0. The zero-order chi connectivity index (χ0) is 9.95. The van der Waals surface area contributed by atoms with E-state index in [1.807, 2.05) is 5.43 Å². The van der Waals surface area contributed by atoms with Gasteiger partial charge in [0, 0.05) is 36.0 Å². The van der Waals surface area contributed by atoms with Crippen LogP contribution in [0.25, 0.3) is 0 Å². The summed E-state index contributed by atoms with van der Waals surface area (Å²) in [5.41, 5.74) is 1.83. The van der Waals surface area contributed by atoms with Gasteiger partial charge in [-0.2, -0.15) is 8.42 Å². The van der Waals surface area contributed by atoms with Crippen molar-refractivity contribution in [3.05, 3.63) is 29.2 Å². The summed E-state index contributed by atoms with van der Waals surface area (Å²) >= 11 is 0. The number of allylic oxidation sites excluding steroid dienone is 2. The van der Waals surface area contributed by atoms with E-state index in [4.69, 9.17) is 4.55 Å². The Morgan fingerprint density at radius 3 is 2.33 bits per heavy atom. The molecule has 4 N–H and O–H groups in total. The van der Waals surface area contributed by atoms with Gasteiger partial charge in [0.2, 0.25) is 4.87 Å². The zero-order valence-electron chi connectivity index (χ0n) is 8.04. The molecule has 0 saturated heterocycles. The van der Waals surface area contributed by atoms with Crippen molar-refractivity contribution in [3.63, 3.8) is 0 Å². The first-order valence-corrected chi connectivity index (χ1v) is 4.87. The predicted octanol–water partition coefficient (Wildman–Crippen LogP) is -0.848. The van der Waals surface area contributed by atoms with Crippen LogP contribution in [0, 0.1) is 4.91 Å². The molecule has 1 rings (SSSR count). The first-order chi connectivity index (χ1) is 6.02. The van der Waals surface area contributed by atoms with Crippen LogP contribution >= 0.6 is 0 Å². The molecule has 1 unspecified atom stereocenters. The summed E-state index contributed by atoms with van der Waals surface area (Å²) in [6.45, 7) is 0. The van der Waals surface area contributed by atoms with E-state index in [0.29, 0.717) is 0 Å². The van der Waals surface area contributed by atoms with Crippen LogP contribution in [-0.2, 0) is 10.1 Å². The van der Waals surface area contributed by atoms with Crippen LogP contribution in [0.2, 0.25) is 0 Å². The number of nitroso groups, excluding NO2 is 1. The van der Waals surface area contributed by atoms with Crippen molar-refractivity contribution >= 4 is 39.7 Å². The molecular weight excluding hydrogens is 235 g/mol. The van der Waals surface area contributed by atoms with Crippen LogP contribution in [0.15, 0.2) is 29.6 Å². The Bertz CT molecular complexity index is 362. The molecule has 0 saturated carbocycles. The second-order valence-corrected chi connectivity index (χ2v) is 4.24. The summed E-state index contributed by atoms with van der Waals surface area (Å²) in [7, 11) is -4.39. The van der Waals surface area contributed by atoms with Crippen LogP contribution in [0.4, 0.5) is 0 Å². The van der Waals surface area contributed by atoms with Crippen molar-refractivity contribution in [1.82, 2.24) is 5.43 Å². The normalized spacial score (nSPS) is 23.5. The van der Waals surface area contributed by atoms with Gasteiger partial charge in [-0.15, -0.1) is 4.91 Å². The topological polar surface area (TPSA) is 127 Å². The second-order valence-electron chi connectivity index (χ2n) is 2.56. The molecule has 0 heterocycles. The Labute approximate surface area is 109 Å². The number of nitrogens with zero attached hydrogens (tertiary/aromatic N) is 1. The van der Waals surface area contributed by atoms with E-state index in [0.717, 1.165) is 0 Å². The largest absolute Gasteiger partial charge is 0.412 e. The van der Waals surface area contributed by atoms with Crippen molar-refractivity contribution in [2.24, 2.45) is 5.29 Å². The smallest absolute Gasteiger partial charge is 0.294 e. The van der Waals surface area contributed by atoms with Crippen LogP contribution in [0.5, 0.6) is 0 Å². The van der Waals surface area contributed by atoms with Gasteiger partial charge in [0.05, 0.1) is 5.29 Å². The number of nitrogens with one attached hydrogen (secondary N) is 1. The molecule has 0 aromatic carbocycles. The van der Waals surface area contributed by atoms with Crippen LogP contribution in [-0.4, -0.2) is 52.9 Å². The fourth-order valence-electron chi connectivity index (χ4n) is 1.01. The molecule has 0 spiro atoms. The Kier molecular flexibility index (Phi) is 7.27. The molecule has 0 fully saturated rings. The molecule has 15 heavy (non-hydrogen) atoms. The molecular formula is C6H10N2NaO5S. The Hall–Kier alpha value is -0.250. The maximum Gasteiger partial charge on any atom is 0.294 e. The summed E-state index contributed by atoms with van der Waals surface area (Å²) < 4.78 is 30.7. The predicted molar refractivity (Wildman–Crippen MR) is 55.5 cm³/mol. The third kappa shape index (κ3) is 3.67. The fraction of sp³-hybridized carbons (Fsp3) is 0.333. The molecule has 1 atom stereocenters. The van der Waals surface area contributed by atoms with Gasteiger partial charge in [-0.25, -0.2) is 5.43 Å². The number of hydrogen-bond acceptors (Lipinski definition) is 4. The SMILES string of the molecule is O.O=NNC1(S(=O)(=O)O)C=CC=CC1.[Na]. The van der Waals surface area contributed by atoms with Gasteiger partial charge in [-0.1, -0.05) is 18.2 Å². The molecule has 0 aliphatic heterocycles. The standard InChI is InChI=1S/C6H8N2O4S.Na.H2O/c9-8-7-6(13(10,11)12)4-2-1-3-5-6;;/h1-4H,5H2,(H,7,9)(H,10,11,12);;1H2. The van der Waals surface area contributed by atoms with Gasteiger partial charge in [0.25, 0.3) is 10.1 Å². The van der Waals surface area contributed by atoms with E-state index in [9.17, 15) is 13.3 Å². The van der Waals surface area contributed by atoms with Gasteiger partial charge in [-0.3, -0.25) is 4.55 Å². The Morgan fingerprint density at radius 2 is 2.00 bits per heavy atom. The third-order valence-corrected chi connectivity index (χ3v) is 3.04. The first-order valence-electron chi connectivity index (χ1n) is 3.43. The first kappa shape index (κ1) is 17.2. The molecule has 0 aromatic rings. The Morgan fingerprint density at radius 1 is 1.40 bits per heavy atom. The molecule has 9 heteroatoms. The van der Waals surface area contributed by atoms with E-state index in [1.54, 1.807) is 6.08 Å². The molecule has 0 amide bonds. The summed E-state index contributed by atoms with van der Waals surface area (Å²) in [6, 6.07) is 0. The van der Waals surface area contributed by atoms with E-state index in [2.05, 4.69) is 5.29 Å². The van der Waals surface area contributed by atoms with Crippen LogP contribution in [0.1, 0.15) is 6.42 Å². The minimum absolute atomic E-state index is 0. The number of hydrogen-bond donors (Lipinski definition) is 2. The summed E-state index contributed by atoms with van der Waals surface area (Å²) in [5.74, 6) is 0. The molecule has 81 valence electrons. The van der Waals surface area contributed by atoms with Gasteiger partial charge < -0.3 is 5.48 Å². The fourth-order valence-corrected chi connectivity index (χ4v) is 1.72. The molecule has 7 nitrogen and oxygen atoms in total. The van der Waals surface area contributed by atoms with Gasteiger partial charge in [-0.05, 0) is 6.08 Å². The second kappa shape index (κ2) is 6.36. The molecule has 1 radical (unpaired) electrons. The van der Waals surface area contributed by atoms with Crippen LogP contribution < -0.4 is 5.43 Å². The average molecular weight is 245 g/mol. The van der Waals surface area contributed by atoms with Crippen LogP contribution in [0.3, 0.4) is 0 Å². The van der Waals surface area contributed by atoms with Crippen molar-refractivity contribution in [1.29, 1.82) is 0 Å². The van der Waals surface area contributed by atoms with Crippen molar-refractivity contribution in [3.8, 4) is 0 Å². The van der Waals surface area contributed by atoms with Crippen molar-refractivity contribution in [2.75, 3.05) is 0 Å². The summed E-state index contributed by atoms with van der Waals surface area (Å²) in [6.07, 6.45) is 5.66. The molecule has 0 bridgehead atoms. The van der Waals surface area contributed by atoms with E-state index >= 15 is 0 Å². The minimum atomic E-state index is -4.39. The number of rotatable bonds is 3. The summed E-state index contributed by atoms with van der Waals surface area (Å²) in [4.78, 5) is 8.13. The van der Waals surface area contributed by atoms with Crippen molar-refractivity contribution < 1.29 is 18.4 Å². The minimum Gasteiger partial charge on any atom is -0.412 e. The maximum absolute atomic E-state index is 10.9. The van der Waals surface area contributed by atoms with Crippen molar-refractivity contribution in [2.45, 2.75) is 11.3 Å². The molecule has 1 aliphatic carbocycles. The third-order valence-electron chi connectivity index (χ3n) is 1.73. The average Bonchev–Trinajstić information content (AvgIpc) is 2.04. The van der Waals surface area contributed by atoms with Gasteiger partial charge >= 0.3 is 0 Å². The van der Waals surface area contributed by atoms with Gasteiger partial charge in [0.15, 0.2) is 0 Å². The van der Waals surface area contributed by atoms with E-state index in [1.165, 1.54) is 18.2 Å². The zero-order valence-corrected chi connectivity index (χ0v) is 10.9.